The van der Waals surface area contributed by atoms with Crippen LogP contribution < -0.4 is 5.32 Å². The minimum absolute atomic E-state index is 0.224. The van der Waals surface area contributed by atoms with Gasteiger partial charge in [0, 0.05) is 12.7 Å². The third-order valence-electron chi connectivity index (χ3n) is 2.33. The van der Waals surface area contributed by atoms with E-state index in [0.29, 0.717) is 23.7 Å². The molecule has 0 unspecified atom stereocenters. The first-order valence-corrected chi connectivity index (χ1v) is 5.98. The lowest BCUT2D eigenvalue weighted by Crippen LogP contribution is -2.27. The minimum Gasteiger partial charge on any atom is -0.384 e. The molecule has 0 spiro atoms. The number of aliphatic hydroxyl groups excluding tert-OH is 1. The first-order chi connectivity index (χ1) is 8.65. The van der Waals surface area contributed by atoms with Crippen molar-refractivity contribution in [1.82, 2.24) is 10.3 Å². The van der Waals surface area contributed by atoms with Crippen LogP contribution in [0, 0.1) is 17.8 Å². The largest absolute Gasteiger partial charge is 0.384 e. The molecule has 0 aliphatic heterocycles. The van der Waals surface area contributed by atoms with E-state index in [2.05, 4.69) is 36.0 Å². The van der Waals surface area contributed by atoms with E-state index >= 15 is 0 Å². The van der Waals surface area contributed by atoms with Gasteiger partial charge in [-0.25, -0.2) is 4.98 Å². The molecular formula is C14H18N2O2. The van der Waals surface area contributed by atoms with E-state index in [1.807, 2.05) is 0 Å². The number of amides is 1. The molecule has 2 N–H and O–H groups in total. The molecule has 96 valence electrons. The SMILES string of the molecule is CC(C)CCNC(=O)c1ncccc1C#CCO. The van der Waals surface area contributed by atoms with Gasteiger partial charge in [0.2, 0.25) is 0 Å². The Balaban J connectivity index is 2.73. The third-order valence-corrected chi connectivity index (χ3v) is 2.33. The highest BCUT2D eigenvalue weighted by molar-refractivity contribution is 5.94. The van der Waals surface area contributed by atoms with Crippen LogP contribution in [0.4, 0.5) is 0 Å². The Kier molecular flexibility index (Phi) is 5.89. The van der Waals surface area contributed by atoms with Crippen LogP contribution in [0.25, 0.3) is 0 Å². The van der Waals surface area contributed by atoms with Gasteiger partial charge in [0.25, 0.3) is 5.91 Å². The summed E-state index contributed by atoms with van der Waals surface area (Å²) in [5, 5.41) is 11.5. The van der Waals surface area contributed by atoms with Gasteiger partial charge in [0.15, 0.2) is 0 Å². The topological polar surface area (TPSA) is 62.2 Å². The molecule has 0 saturated heterocycles. The van der Waals surface area contributed by atoms with E-state index < -0.39 is 0 Å². The Morgan fingerprint density at radius 1 is 1.56 bits per heavy atom. The monoisotopic (exact) mass is 246 g/mol. The fourth-order valence-corrected chi connectivity index (χ4v) is 1.38. The molecule has 1 heterocycles. The van der Waals surface area contributed by atoms with Crippen molar-refractivity contribution in [2.45, 2.75) is 20.3 Å². The summed E-state index contributed by atoms with van der Waals surface area (Å²) < 4.78 is 0. The quantitative estimate of drug-likeness (QED) is 0.785. The van der Waals surface area contributed by atoms with Crippen molar-refractivity contribution in [1.29, 1.82) is 0 Å². The van der Waals surface area contributed by atoms with Crippen LogP contribution in [0.3, 0.4) is 0 Å². The highest BCUT2D eigenvalue weighted by atomic mass is 16.2. The van der Waals surface area contributed by atoms with Gasteiger partial charge in [-0.3, -0.25) is 4.79 Å². The number of pyridine rings is 1. The summed E-state index contributed by atoms with van der Waals surface area (Å²) in [6, 6.07) is 3.43. The maximum atomic E-state index is 11.9. The predicted octanol–water partition coefficient (Wildman–Crippen LogP) is 1.20. The number of nitrogens with one attached hydrogen (secondary N) is 1. The van der Waals surface area contributed by atoms with Crippen molar-refractivity contribution in [3.8, 4) is 11.8 Å². The van der Waals surface area contributed by atoms with Crippen LogP contribution in [0.5, 0.6) is 0 Å². The fourth-order valence-electron chi connectivity index (χ4n) is 1.38. The van der Waals surface area contributed by atoms with Crippen molar-refractivity contribution in [2.24, 2.45) is 5.92 Å². The average molecular weight is 246 g/mol. The molecule has 1 amide bonds. The number of aliphatic hydroxyl groups is 1. The molecule has 1 rings (SSSR count). The first kappa shape index (κ1) is 14.2. The molecule has 1 aromatic rings. The Morgan fingerprint density at radius 3 is 3.00 bits per heavy atom. The number of nitrogens with zero attached hydrogens (tertiary/aromatic N) is 1. The van der Waals surface area contributed by atoms with E-state index in [0.717, 1.165) is 6.42 Å². The Bertz CT molecular complexity index is 458. The van der Waals surface area contributed by atoms with Crippen LogP contribution in [0.15, 0.2) is 18.3 Å². The number of carbonyl (C=O) groups is 1. The summed E-state index contributed by atoms with van der Waals surface area (Å²) in [6.45, 7) is 4.60. The molecule has 0 atom stereocenters. The molecule has 4 nitrogen and oxygen atoms in total. The lowest BCUT2D eigenvalue weighted by molar-refractivity contribution is 0.0947. The lowest BCUT2D eigenvalue weighted by Gasteiger charge is -2.07. The Labute approximate surface area is 107 Å². The normalized spacial score (nSPS) is 9.78. The highest BCUT2D eigenvalue weighted by Gasteiger charge is 2.10. The smallest absolute Gasteiger partial charge is 0.271 e. The van der Waals surface area contributed by atoms with Crippen LogP contribution in [-0.4, -0.2) is 29.1 Å². The maximum absolute atomic E-state index is 11.9. The van der Waals surface area contributed by atoms with Gasteiger partial charge in [0.1, 0.15) is 12.3 Å². The van der Waals surface area contributed by atoms with Crippen molar-refractivity contribution in [3.05, 3.63) is 29.6 Å². The van der Waals surface area contributed by atoms with Gasteiger partial charge < -0.3 is 10.4 Å². The second-order valence-corrected chi connectivity index (χ2v) is 4.30. The summed E-state index contributed by atoms with van der Waals surface area (Å²) >= 11 is 0. The predicted molar refractivity (Wildman–Crippen MR) is 70.0 cm³/mol. The third kappa shape index (κ3) is 4.56. The van der Waals surface area contributed by atoms with Crippen LogP contribution in [-0.2, 0) is 0 Å². The van der Waals surface area contributed by atoms with Gasteiger partial charge in [-0.2, -0.15) is 0 Å². The number of aromatic nitrogens is 1. The average Bonchev–Trinajstić information content (AvgIpc) is 2.36. The standard InChI is InChI=1S/C14H18N2O2/c1-11(2)7-9-16-14(18)13-12(6-4-10-17)5-3-8-15-13/h3,5,8,11,17H,7,9-10H2,1-2H3,(H,16,18). The summed E-state index contributed by atoms with van der Waals surface area (Å²) in [5.41, 5.74) is 0.843. The molecule has 0 radical (unpaired) electrons. The molecule has 0 bridgehead atoms. The molecule has 0 fully saturated rings. The Hall–Kier alpha value is -1.86. The molecule has 1 aromatic heterocycles. The fraction of sp³-hybridized carbons (Fsp3) is 0.429. The lowest BCUT2D eigenvalue weighted by atomic mass is 10.1. The van der Waals surface area contributed by atoms with Gasteiger partial charge in [-0.1, -0.05) is 25.7 Å². The van der Waals surface area contributed by atoms with E-state index in [9.17, 15) is 4.79 Å². The maximum Gasteiger partial charge on any atom is 0.271 e. The Morgan fingerprint density at radius 2 is 2.33 bits per heavy atom. The van der Waals surface area contributed by atoms with Crippen molar-refractivity contribution < 1.29 is 9.90 Å². The first-order valence-electron chi connectivity index (χ1n) is 5.98. The summed E-state index contributed by atoms with van der Waals surface area (Å²) in [6.07, 6.45) is 2.48. The highest BCUT2D eigenvalue weighted by Crippen LogP contribution is 2.04. The summed E-state index contributed by atoms with van der Waals surface area (Å²) in [4.78, 5) is 15.9. The second kappa shape index (κ2) is 7.46. The van der Waals surface area contributed by atoms with Crippen molar-refractivity contribution >= 4 is 5.91 Å². The molecule has 0 aromatic carbocycles. The zero-order valence-electron chi connectivity index (χ0n) is 10.7. The van der Waals surface area contributed by atoms with Crippen LogP contribution in [0.1, 0.15) is 36.3 Å². The zero-order valence-corrected chi connectivity index (χ0v) is 10.7. The summed E-state index contributed by atoms with van der Waals surface area (Å²) in [7, 11) is 0. The molecule has 0 saturated carbocycles. The molecule has 4 heteroatoms. The molecular weight excluding hydrogens is 228 g/mol. The van der Waals surface area contributed by atoms with Gasteiger partial charge >= 0.3 is 0 Å². The van der Waals surface area contributed by atoms with Crippen LogP contribution in [0.2, 0.25) is 0 Å². The van der Waals surface area contributed by atoms with Gasteiger partial charge in [-0.05, 0) is 24.5 Å². The number of carbonyl (C=O) groups excluding carboxylic acids is 1. The zero-order chi connectivity index (χ0) is 13.4. The van der Waals surface area contributed by atoms with E-state index in [-0.39, 0.29) is 12.5 Å². The van der Waals surface area contributed by atoms with E-state index in [1.165, 1.54) is 0 Å². The minimum atomic E-state index is -0.233. The van der Waals surface area contributed by atoms with Crippen molar-refractivity contribution in [2.75, 3.05) is 13.2 Å². The molecule has 0 aliphatic rings. The number of rotatable bonds is 4. The van der Waals surface area contributed by atoms with Crippen molar-refractivity contribution in [3.63, 3.8) is 0 Å². The number of hydrogen-bond donors (Lipinski definition) is 2. The van der Waals surface area contributed by atoms with Gasteiger partial charge in [0.05, 0.1) is 5.56 Å². The summed E-state index contributed by atoms with van der Waals surface area (Å²) in [5.74, 6) is 5.56. The molecule has 18 heavy (non-hydrogen) atoms. The second-order valence-electron chi connectivity index (χ2n) is 4.30. The van der Waals surface area contributed by atoms with E-state index in [1.54, 1.807) is 18.3 Å². The van der Waals surface area contributed by atoms with E-state index in [4.69, 9.17) is 5.11 Å². The van der Waals surface area contributed by atoms with Crippen LogP contribution >= 0.6 is 0 Å². The number of hydrogen-bond acceptors (Lipinski definition) is 3. The molecule has 0 aliphatic carbocycles. The van der Waals surface area contributed by atoms with Gasteiger partial charge in [-0.15, -0.1) is 0 Å².